The van der Waals surface area contributed by atoms with Crippen LogP contribution in [0.2, 0.25) is 0 Å². The number of aromatic nitrogens is 1. The highest BCUT2D eigenvalue weighted by Gasteiger charge is 2.59. The second-order valence-corrected chi connectivity index (χ2v) is 14.3. The van der Waals surface area contributed by atoms with Crippen molar-refractivity contribution in [3.05, 3.63) is 65.5 Å². The van der Waals surface area contributed by atoms with Crippen LogP contribution in [-0.4, -0.2) is 92.6 Å². The summed E-state index contributed by atoms with van der Waals surface area (Å²) < 4.78 is 34.2. The molecule has 3 aliphatic rings. The lowest BCUT2D eigenvalue weighted by atomic mass is 9.73. The molecule has 50 heavy (non-hydrogen) atoms. The van der Waals surface area contributed by atoms with Crippen LogP contribution in [0, 0.1) is 17.1 Å². The second kappa shape index (κ2) is 12.3. The van der Waals surface area contributed by atoms with E-state index in [-0.39, 0.29) is 42.9 Å². The third kappa shape index (κ3) is 5.47. The van der Waals surface area contributed by atoms with Crippen LogP contribution in [0.1, 0.15) is 31.9 Å². The lowest BCUT2D eigenvalue weighted by molar-refractivity contribution is -0.126. The number of allylic oxidation sites excluding steroid dienone is 1. The van der Waals surface area contributed by atoms with Crippen molar-refractivity contribution in [2.24, 2.45) is 0 Å². The Morgan fingerprint density at radius 1 is 1.18 bits per heavy atom. The van der Waals surface area contributed by atoms with Crippen LogP contribution in [0.25, 0.3) is 38.9 Å². The average molecular weight is 679 g/mol. The normalized spacial score (nSPS) is 16.9. The Bertz CT molecular complexity index is 2120. The fourth-order valence-corrected chi connectivity index (χ4v) is 7.11. The Morgan fingerprint density at radius 2 is 1.92 bits per heavy atom. The van der Waals surface area contributed by atoms with Crippen LogP contribution in [0.4, 0.5) is 20.7 Å². The summed E-state index contributed by atoms with van der Waals surface area (Å²) in [4.78, 5) is 37.6. The molecule has 0 radical (unpaired) electrons. The Morgan fingerprint density at radius 3 is 2.60 bits per heavy atom. The molecule has 1 aromatic heterocycles. The fraction of sp³-hybridized carbons (Fsp3) is 0.368. The summed E-state index contributed by atoms with van der Waals surface area (Å²) in [5.41, 5.74) is 0.575. The number of benzene rings is 3. The molecular weight excluding hydrogens is 639 g/mol. The Kier molecular flexibility index (Phi) is 8.16. The third-order valence-electron chi connectivity index (χ3n) is 9.63. The number of halogens is 1. The van der Waals surface area contributed by atoms with Gasteiger partial charge in [0.05, 0.1) is 11.8 Å². The standard InChI is InChI=1S/C38H39FN6O5/c1-37(2,3)50-36(47)45-19-38(20-45)30-28-15-23(11-9-13-40)29(27-16-25(49-21-48-6)14-22-10-7-8-12-26(22)27)31(39)32(28)41-34(33(30)42-35(38)46)44-17-24(18-44)43(4)5/h7-12,14-16,24H,17-21H2,1-6H3,(H,42,46)/b11-9+. The van der Waals surface area contributed by atoms with Crippen LogP contribution in [0.3, 0.4) is 0 Å². The highest BCUT2D eigenvalue weighted by molar-refractivity contribution is 6.16. The van der Waals surface area contributed by atoms with Crippen molar-refractivity contribution in [3.8, 4) is 22.9 Å². The molecule has 0 aliphatic carbocycles. The number of carbonyl (C=O) groups is 2. The quantitative estimate of drug-likeness (QED) is 0.188. The number of anilines is 2. The topological polar surface area (TPSA) is 120 Å². The van der Waals surface area contributed by atoms with Crippen molar-refractivity contribution in [1.29, 1.82) is 5.26 Å². The Balaban J connectivity index is 1.47. The van der Waals surface area contributed by atoms with Gasteiger partial charge in [-0.2, -0.15) is 5.26 Å². The van der Waals surface area contributed by atoms with Gasteiger partial charge in [0.25, 0.3) is 0 Å². The predicted octanol–water partition coefficient (Wildman–Crippen LogP) is 5.90. The number of rotatable bonds is 7. The van der Waals surface area contributed by atoms with Crippen molar-refractivity contribution in [3.63, 3.8) is 0 Å². The van der Waals surface area contributed by atoms with E-state index in [2.05, 4.69) is 10.2 Å². The van der Waals surface area contributed by atoms with Crippen LogP contribution in [-0.2, 0) is 19.7 Å². The molecule has 2 amide bonds. The van der Waals surface area contributed by atoms with Crippen LogP contribution in [0.5, 0.6) is 5.75 Å². The molecule has 3 aliphatic heterocycles. The average Bonchev–Trinajstić information content (AvgIpc) is 3.33. The summed E-state index contributed by atoms with van der Waals surface area (Å²) in [6.45, 7) is 6.79. The minimum absolute atomic E-state index is 0.00340. The van der Waals surface area contributed by atoms with Gasteiger partial charge in [-0.15, -0.1) is 0 Å². The molecule has 258 valence electrons. The monoisotopic (exact) mass is 678 g/mol. The number of likely N-dealkylation sites (N-methyl/N-ethyl adjacent to an activating group) is 1. The number of hydrogen-bond acceptors (Lipinski definition) is 9. The first kappa shape index (κ1) is 33.3. The van der Waals surface area contributed by atoms with Gasteiger partial charge in [0.2, 0.25) is 5.91 Å². The van der Waals surface area contributed by atoms with E-state index in [4.69, 9.17) is 19.2 Å². The first-order valence-corrected chi connectivity index (χ1v) is 16.5. The van der Waals surface area contributed by atoms with Crippen LogP contribution < -0.4 is 15.0 Å². The van der Waals surface area contributed by atoms with Crippen molar-refractivity contribution in [1.82, 2.24) is 14.8 Å². The van der Waals surface area contributed by atoms with Gasteiger partial charge >= 0.3 is 6.09 Å². The first-order valence-electron chi connectivity index (χ1n) is 16.5. The van der Waals surface area contributed by atoms with Gasteiger partial charge in [0, 0.05) is 61.9 Å². The molecule has 0 saturated carbocycles. The molecule has 3 aromatic carbocycles. The molecule has 4 aromatic rings. The van der Waals surface area contributed by atoms with E-state index >= 15 is 4.39 Å². The molecule has 0 unspecified atom stereocenters. The van der Waals surface area contributed by atoms with Gasteiger partial charge < -0.3 is 34.2 Å². The minimum Gasteiger partial charge on any atom is -0.468 e. The minimum atomic E-state index is -1.14. The van der Waals surface area contributed by atoms with Crippen LogP contribution in [0.15, 0.2) is 48.5 Å². The van der Waals surface area contributed by atoms with E-state index < -0.39 is 22.9 Å². The van der Waals surface area contributed by atoms with Crippen molar-refractivity contribution < 1.29 is 28.2 Å². The van der Waals surface area contributed by atoms with E-state index in [0.717, 1.165) is 10.8 Å². The molecule has 1 N–H and O–H groups in total. The maximum Gasteiger partial charge on any atom is 0.410 e. The number of fused-ring (bicyclic) bond motifs is 5. The zero-order valence-electron chi connectivity index (χ0n) is 29.0. The smallest absolute Gasteiger partial charge is 0.410 e. The van der Waals surface area contributed by atoms with E-state index in [0.29, 0.717) is 52.4 Å². The van der Waals surface area contributed by atoms with Crippen molar-refractivity contribution in [2.45, 2.75) is 37.8 Å². The van der Waals surface area contributed by atoms with Gasteiger partial charge in [-0.3, -0.25) is 4.79 Å². The molecule has 7 rings (SSSR count). The Labute approximate surface area is 289 Å². The highest BCUT2D eigenvalue weighted by Crippen LogP contribution is 2.53. The summed E-state index contributed by atoms with van der Waals surface area (Å²) in [5.74, 6) is 0.0955. The van der Waals surface area contributed by atoms with E-state index in [1.807, 2.05) is 55.4 Å². The SMILES string of the molecule is COCOc1cc(-c2c(/C=C/C#N)cc3c4c(c(N5CC(N(C)C)C5)nc3c2F)NC(=O)C42CN(C(=O)OC(C)(C)C)C2)c2ccccc2c1. The molecule has 4 heterocycles. The van der Waals surface area contributed by atoms with Gasteiger partial charge in [0.15, 0.2) is 18.4 Å². The number of hydrogen-bond donors (Lipinski definition) is 1. The number of carbonyl (C=O) groups excluding carboxylic acids is 2. The zero-order valence-corrected chi connectivity index (χ0v) is 29.0. The summed E-state index contributed by atoms with van der Waals surface area (Å²) in [6.07, 6.45) is 2.35. The summed E-state index contributed by atoms with van der Waals surface area (Å²) in [6, 6.07) is 15.3. The van der Waals surface area contributed by atoms with Crippen LogP contribution >= 0.6 is 0 Å². The van der Waals surface area contributed by atoms with Gasteiger partial charge in [-0.25, -0.2) is 14.2 Å². The molecule has 0 bridgehead atoms. The largest absolute Gasteiger partial charge is 0.468 e. The van der Waals surface area contributed by atoms with Gasteiger partial charge in [-0.1, -0.05) is 24.3 Å². The van der Waals surface area contributed by atoms with Crippen molar-refractivity contribution in [2.75, 3.05) is 64.4 Å². The predicted molar refractivity (Wildman–Crippen MR) is 190 cm³/mol. The Hall–Kier alpha value is -5.25. The van der Waals surface area contributed by atoms with Gasteiger partial charge in [-0.05, 0) is 81.0 Å². The molecule has 1 spiro atoms. The molecule has 2 saturated heterocycles. The van der Waals surface area contributed by atoms with E-state index in [1.54, 1.807) is 39.0 Å². The molecular formula is C38H39FN6O5. The van der Waals surface area contributed by atoms with E-state index in [9.17, 15) is 14.9 Å². The lowest BCUT2D eigenvalue weighted by Gasteiger charge is -2.47. The molecule has 12 heteroatoms. The van der Waals surface area contributed by atoms with E-state index in [1.165, 1.54) is 18.1 Å². The number of nitrogens with one attached hydrogen (secondary N) is 1. The number of pyridine rings is 1. The summed E-state index contributed by atoms with van der Waals surface area (Å²) >= 11 is 0. The molecule has 0 atom stereocenters. The number of methoxy groups -OCH3 is 1. The summed E-state index contributed by atoms with van der Waals surface area (Å²) in [7, 11) is 5.54. The summed E-state index contributed by atoms with van der Waals surface area (Å²) in [5, 5.41) is 14.7. The zero-order chi connectivity index (χ0) is 35.5. The maximum atomic E-state index is 17.6. The number of amides is 2. The third-order valence-corrected chi connectivity index (χ3v) is 9.63. The van der Waals surface area contributed by atoms with Gasteiger partial charge in [0.1, 0.15) is 22.3 Å². The fourth-order valence-electron chi connectivity index (χ4n) is 7.11. The number of nitriles is 1. The molecule has 11 nitrogen and oxygen atoms in total. The highest BCUT2D eigenvalue weighted by atomic mass is 19.1. The molecule has 2 fully saturated rings. The lowest BCUT2D eigenvalue weighted by Crippen LogP contribution is -2.64. The first-order chi connectivity index (χ1) is 23.8. The van der Waals surface area contributed by atoms with Crippen molar-refractivity contribution >= 4 is 51.3 Å². The second-order valence-electron chi connectivity index (χ2n) is 14.3. The maximum absolute atomic E-state index is 17.6. The number of ether oxygens (including phenoxy) is 3. The number of likely N-dealkylation sites (tertiary alicyclic amines) is 1. The number of nitrogens with zero attached hydrogens (tertiary/aromatic N) is 5.